The maximum atomic E-state index is 14.9. The van der Waals surface area contributed by atoms with Crippen molar-refractivity contribution in [3.05, 3.63) is 86.8 Å². The number of nitrogens with zero attached hydrogens (tertiary/aromatic N) is 3. The molecule has 152 valence electrons. The lowest BCUT2D eigenvalue weighted by Crippen LogP contribution is -2.37. The van der Waals surface area contributed by atoms with E-state index >= 15 is 0 Å². The molecule has 0 spiro atoms. The van der Waals surface area contributed by atoms with Gasteiger partial charge in [-0.25, -0.2) is 18.7 Å². The summed E-state index contributed by atoms with van der Waals surface area (Å²) in [4.78, 5) is 13.9. The predicted octanol–water partition coefficient (Wildman–Crippen LogP) is 6.00. The number of nitrogens with one attached hydrogen (secondary N) is 1. The van der Waals surface area contributed by atoms with E-state index < -0.39 is 11.6 Å². The quantitative estimate of drug-likeness (QED) is 0.412. The van der Waals surface area contributed by atoms with Crippen LogP contribution in [0.25, 0.3) is 10.9 Å². The summed E-state index contributed by atoms with van der Waals surface area (Å²) in [6.45, 7) is 2.14. The number of rotatable bonds is 2. The number of anilines is 1. The highest BCUT2D eigenvalue weighted by Gasteiger charge is 2.34. The van der Waals surface area contributed by atoms with Crippen molar-refractivity contribution in [1.82, 2.24) is 15.0 Å². The molecule has 1 N–H and O–H groups in total. The lowest BCUT2D eigenvalue weighted by atomic mass is 9.92. The van der Waals surface area contributed by atoms with Crippen LogP contribution >= 0.6 is 23.2 Å². The zero-order chi connectivity index (χ0) is 21.0. The minimum atomic E-state index is -0.457. The van der Waals surface area contributed by atoms with Crippen molar-refractivity contribution in [1.29, 1.82) is 0 Å². The van der Waals surface area contributed by atoms with E-state index in [1.165, 1.54) is 6.20 Å². The Balaban J connectivity index is 1.73. The molecular formula is C22H16Cl2F2N4. The fraction of sp³-hybridized carbons (Fsp3) is 0.182. The number of benzene rings is 2. The third-order valence-corrected chi connectivity index (χ3v) is 6.07. The highest BCUT2D eigenvalue weighted by molar-refractivity contribution is 6.31. The standard InChI is InChI=1S/C22H16Cl2F2N4/c1-11-16(25)10-27-22(28-11)30-9-8-14-18-17(7-6-15(24)19(18)26)29-20(14)21(30)12-2-4-13(23)5-3-12/h2-7,10,21,29H,8-9H2,1H3. The van der Waals surface area contributed by atoms with E-state index in [4.69, 9.17) is 23.2 Å². The summed E-state index contributed by atoms with van der Waals surface area (Å²) in [5, 5.41) is 1.21. The Bertz CT molecular complexity index is 1270. The molecule has 5 rings (SSSR count). The van der Waals surface area contributed by atoms with Gasteiger partial charge in [-0.05, 0) is 48.7 Å². The highest BCUT2D eigenvalue weighted by atomic mass is 35.5. The van der Waals surface area contributed by atoms with Gasteiger partial charge in [0.1, 0.15) is 0 Å². The first-order valence-corrected chi connectivity index (χ1v) is 10.2. The highest BCUT2D eigenvalue weighted by Crippen LogP contribution is 2.41. The summed E-state index contributed by atoms with van der Waals surface area (Å²) in [6, 6.07) is 10.5. The maximum absolute atomic E-state index is 14.9. The normalized spacial score (nSPS) is 16.2. The van der Waals surface area contributed by atoms with E-state index in [9.17, 15) is 8.78 Å². The first-order valence-electron chi connectivity index (χ1n) is 9.43. The fourth-order valence-electron chi connectivity index (χ4n) is 4.10. The Morgan fingerprint density at radius 1 is 1.10 bits per heavy atom. The van der Waals surface area contributed by atoms with Gasteiger partial charge in [-0.1, -0.05) is 35.3 Å². The molecule has 0 saturated carbocycles. The van der Waals surface area contributed by atoms with E-state index in [-0.39, 0.29) is 16.8 Å². The summed E-state index contributed by atoms with van der Waals surface area (Å²) in [6.07, 6.45) is 1.74. The van der Waals surface area contributed by atoms with Crippen LogP contribution < -0.4 is 4.90 Å². The Morgan fingerprint density at radius 2 is 1.87 bits per heavy atom. The van der Waals surface area contributed by atoms with Crippen LogP contribution in [0.15, 0.2) is 42.6 Å². The molecule has 30 heavy (non-hydrogen) atoms. The third kappa shape index (κ3) is 3.02. The van der Waals surface area contributed by atoms with Gasteiger partial charge in [0.2, 0.25) is 5.95 Å². The van der Waals surface area contributed by atoms with Gasteiger partial charge in [0.15, 0.2) is 11.6 Å². The second-order valence-electron chi connectivity index (χ2n) is 7.30. The first-order chi connectivity index (χ1) is 14.4. The van der Waals surface area contributed by atoms with Gasteiger partial charge in [0.05, 0.1) is 23.0 Å². The van der Waals surface area contributed by atoms with Gasteiger partial charge < -0.3 is 9.88 Å². The molecular weight excluding hydrogens is 429 g/mol. The molecule has 1 unspecified atom stereocenters. The Labute approximate surface area is 181 Å². The molecule has 0 saturated heterocycles. The molecule has 0 fully saturated rings. The Kier molecular flexibility index (Phi) is 4.64. The molecule has 1 aliphatic heterocycles. The molecule has 4 aromatic rings. The van der Waals surface area contributed by atoms with Gasteiger partial charge in [0.25, 0.3) is 0 Å². The lowest BCUT2D eigenvalue weighted by Gasteiger charge is -2.36. The van der Waals surface area contributed by atoms with Crippen LogP contribution in [-0.2, 0) is 6.42 Å². The number of hydrogen-bond donors (Lipinski definition) is 1. The minimum absolute atomic E-state index is 0.0901. The van der Waals surface area contributed by atoms with Crippen LogP contribution in [0.4, 0.5) is 14.7 Å². The monoisotopic (exact) mass is 444 g/mol. The molecule has 0 aliphatic carbocycles. The van der Waals surface area contributed by atoms with Gasteiger partial charge in [0, 0.05) is 28.2 Å². The molecule has 2 aromatic carbocycles. The largest absolute Gasteiger partial charge is 0.356 e. The van der Waals surface area contributed by atoms with E-state index in [1.54, 1.807) is 31.2 Å². The number of aryl methyl sites for hydroxylation is 1. The topological polar surface area (TPSA) is 44.8 Å². The summed E-state index contributed by atoms with van der Waals surface area (Å²) < 4.78 is 28.6. The van der Waals surface area contributed by atoms with Crippen molar-refractivity contribution in [3.63, 3.8) is 0 Å². The Hall–Kier alpha value is -2.70. The number of aromatic nitrogens is 3. The Morgan fingerprint density at radius 3 is 2.60 bits per heavy atom. The molecule has 3 heterocycles. The average Bonchev–Trinajstić information content (AvgIpc) is 3.12. The number of halogens is 4. The molecule has 1 aliphatic rings. The van der Waals surface area contributed by atoms with Gasteiger partial charge in [-0.15, -0.1) is 0 Å². The molecule has 1 atom stereocenters. The van der Waals surface area contributed by atoms with E-state index in [0.717, 1.165) is 16.8 Å². The van der Waals surface area contributed by atoms with E-state index in [1.807, 2.05) is 17.0 Å². The smallest absolute Gasteiger partial charge is 0.226 e. The van der Waals surface area contributed by atoms with Crippen LogP contribution in [0.5, 0.6) is 0 Å². The molecule has 0 radical (unpaired) electrons. The zero-order valence-corrected chi connectivity index (χ0v) is 17.4. The second-order valence-corrected chi connectivity index (χ2v) is 8.15. The van der Waals surface area contributed by atoms with Crippen LogP contribution in [0, 0.1) is 18.6 Å². The van der Waals surface area contributed by atoms with Gasteiger partial charge in [-0.2, -0.15) is 0 Å². The first kappa shape index (κ1) is 19.3. The summed E-state index contributed by atoms with van der Waals surface area (Å²) >= 11 is 12.1. The van der Waals surface area contributed by atoms with Crippen molar-refractivity contribution in [2.75, 3.05) is 11.4 Å². The van der Waals surface area contributed by atoms with Gasteiger partial charge >= 0.3 is 0 Å². The minimum Gasteiger partial charge on any atom is -0.356 e. The summed E-state index contributed by atoms with van der Waals surface area (Å²) in [7, 11) is 0. The molecule has 4 nitrogen and oxygen atoms in total. The summed E-state index contributed by atoms with van der Waals surface area (Å²) in [5.74, 6) is -0.470. The van der Waals surface area contributed by atoms with Crippen molar-refractivity contribution < 1.29 is 8.78 Å². The predicted molar refractivity (Wildman–Crippen MR) is 114 cm³/mol. The second kappa shape index (κ2) is 7.22. The van der Waals surface area contributed by atoms with Crippen molar-refractivity contribution in [2.24, 2.45) is 0 Å². The average molecular weight is 445 g/mol. The van der Waals surface area contributed by atoms with Crippen LogP contribution in [0.3, 0.4) is 0 Å². The molecule has 0 amide bonds. The number of hydrogen-bond acceptors (Lipinski definition) is 3. The van der Waals surface area contributed by atoms with Crippen molar-refractivity contribution >= 4 is 40.1 Å². The number of H-pyrrole nitrogens is 1. The lowest BCUT2D eigenvalue weighted by molar-refractivity contribution is 0.585. The zero-order valence-electron chi connectivity index (χ0n) is 15.9. The fourth-order valence-corrected chi connectivity index (χ4v) is 4.38. The van der Waals surface area contributed by atoms with Crippen molar-refractivity contribution in [3.8, 4) is 0 Å². The van der Waals surface area contributed by atoms with Gasteiger partial charge in [-0.3, -0.25) is 0 Å². The molecule has 8 heteroatoms. The summed E-state index contributed by atoms with van der Waals surface area (Å²) in [5.41, 5.74) is 3.60. The van der Waals surface area contributed by atoms with E-state index in [0.29, 0.717) is 34.8 Å². The van der Waals surface area contributed by atoms with E-state index in [2.05, 4.69) is 15.0 Å². The van der Waals surface area contributed by atoms with Crippen LogP contribution in [-0.4, -0.2) is 21.5 Å². The van der Waals surface area contributed by atoms with Crippen molar-refractivity contribution in [2.45, 2.75) is 19.4 Å². The van der Waals surface area contributed by atoms with Crippen LogP contribution in [0.2, 0.25) is 10.0 Å². The van der Waals surface area contributed by atoms with Crippen LogP contribution in [0.1, 0.15) is 28.6 Å². The maximum Gasteiger partial charge on any atom is 0.226 e. The molecule has 2 aromatic heterocycles. The third-order valence-electron chi connectivity index (χ3n) is 5.53. The SMILES string of the molecule is Cc1nc(N2CCc3c([nH]c4ccc(Cl)c(F)c34)C2c2ccc(Cl)cc2)ncc1F. The number of fused-ring (bicyclic) bond motifs is 3. The number of aromatic amines is 1. The molecule has 0 bridgehead atoms.